The van der Waals surface area contributed by atoms with E-state index in [1.54, 1.807) is 44.4 Å². The summed E-state index contributed by atoms with van der Waals surface area (Å²) in [5.74, 6) is -2.51. The predicted molar refractivity (Wildman–Crippen MR) is 181 cm³/mol. The number of aromatic nitrogens is 4. The highest BCUT2D eigenvalue weighted by atomic mass is 19.4. The molecular formula is C35H40F4N6O6. The number of hydrogen-bond donors (Lipinski definition) is 2. The van der Waals surface area contributed by atoms with Gasteiger partial charge in [-0.2, -0.15) is 18.2 Å². The normalized spacial score (nSPS) is 17.0. The first-order valence-corrected chi connectivity index (χ1v) is 16.4. The molecule has 12 nitrogen and oxygen atoms in total. The first-order chi connectivity index (χ1) is 23.8. The number of amides is 1. The fourth-order valence-electron chi connectivity index (χ4n) is 6.05. The van der Waals surface area contributed by atoms with Crippen molar-refractivity contribution in [3.05, 3.63) is 64.1 Å². The SMILES string of the molecule is CC(C)c1nccc(OCCO)c1-n1c(=O)nc(N2C[C@@H](C)N(C(=O)OC(C)(C)C)C[C@@H]2C)c2cc(F)c(-c3cccc(C(F)(F)F)c3O)nc21. The van der Waals surface area contributed by atoms with Gasteiger partial charge in [0.1, 0.15) is 40.9 Å². The number of alkyl halides is 3. The van der Waals surface area contributed by atoms with Crippen molar-refractivity contribution < 1.29 is 42.0 Å². The number of aliphatic hydroxyl groups is 1. The second kappa shape index (κ2) is 14.0. The third-order valence-electron chi connectivity index (χ3n) is 8.32. The average Bonchev–Trinajstić information content (AvgIpc) is 3.03. The molecule has 1 saturated heterocycles. The van der Waals surface area contributed by atoms with Crippen LogP contribution in [0.15, 0.2) is 41.3 Å². The van der Waals surface area contributed by atoms with E-state index < -0.39 is 64.0 Å². The van der Waals surface area contributed by atoms with Crippen LogP contribution in [-0.4, -0.2) is 84.7 Å². The summed E-state index contributed by atoms with van der Waals surface area (Å²) in [4.78, 5) is 43.9. The number of halogens is 4. The van der Waals surface area contributed by atoms with Gasteiger partial charge in [0.2, 0.25) is 0 Å². The summed E-state index contributed by atoms with van der Waals surface area (Å²) in [6.07, 6.45) is -4.03. The van der Waals surface area contributed by atoms with E-state index in [0.717, 1.165) is 22.8 Å². The Morgan fingerprint density at radius 3 is 2.41 bits per heavy atom. The molecule has 4 aromatic rings. The van der Waals surface area contributed by atoms with E-state index in [2.05, 4.69) is 15.0 Å². The van der Waals surface area contributed by atoms with Crippen LogP contribution < -0.4 is 15.3 Å². The van der Waals surface area contributed by atoms with Gasteiger partial charge in [-0.05, 0) is 58.7 Å². The fraction of sp³-hybridized carbons (Fsp3) is 0.457. The molecule has 0 spiro atoms. The molecule has 2 atom stereocenters. The van der Waals surface area contributed by atoms with Gasteiger partial charge >= 0.3 is 18.0 Å². The maximum atomic E-state index is 16.2. The standard InChI is InChI=1S/C35H40F4N6O6/c1-18(2)26-28(25(11-12-40-26)50-14-13-46)45-31-22(15-24(36)27(41-31)21-9-8-10-23(29(21)47)35(37,38)39)30(42-32(45)48)43-16-20(4)44(17-19(43)3)33(49)51-34(5,6)7/h8-12,15,18-20,46-47H,13-14,16-17H2,1-7H3/t19-,20+/m0/s1. The van der Waals surface area contributed by atoms with Crippen LogP contribution in [0.25, 0.3) is 28.0 Å². The zero-order valence-electron chi connectivity index (χ0n) is 29.2. The molecule has 1 aliphatic heterocycles. The highest BCUT2D eigenvalue weighted by Crippen LogP contribution is 2.42. The van der Waals surface area contributed by atoms with Crippen LogP contribution in [0.4, 0.5) is 28.2 Å². The lowest BCUT2D eigenvalue weighted by Crippen LogP contribution is -2.59. The Morgan fingerprint density at radius 1 is 1.08 bits per heavy atom. The average molecular weight is 717 g/mol. The van der Waals surface area contributed by atoms with Crippen molar-refractivity contribution in [2.45, 2.75) is 78.2 Å². The molecule has 1 fully saturated rings. The molecular weight excluding hydrogens is 676 g/mol. The minimum absolute atomic E-state index is 0.0127. The summed E-state index contributed by atoms with van der Waals surface area (Å²) in [6, 6.07) is 4.32. The van der Waals surface area contributed by atoms with Crippen molar-refractivity contribution in [2.75, 3.05) is 31.2 Å². The molecule has 16 heteroatoms. The van der Waals surface area contributed by atoms with Crippen molar-refractivity contribution in [3.8, 4) is 28.4 Å². The number of benzene rings is 1. The van der Waals surface area contributed by atoms with Crippen molar-refractivity contribution in [1.82, 2.24) is 24.4 Å². The summed E-state index contributed by atoms with van der Waals surface area (Å²) in [5, 5.41) is 20.2. The van der Waals surface area contributed by atoms with Gasteiger partial charge in [0.25, 0.3) is 0 Å². The summed E-state index contributed by atoms with van der Waals surface area (Å²) in [6.45, 7) is 12.2. The van der Waals surface area contributed by atoms with E-state index in [-0.39, 0.29) is 60.5 Å². The smallest absolute Gasteiger partial charge is 0.419 e. The number of aromatic hydroxyl groups is 1. The third kappa shape index (κ3) is 7.41. The minimum Gasteiger partial charge on any atom is -0.507 e. The topological polar surface area (TPSA) is 143 Å². The van der Waals surface area contributed by atoms with Crippen LogP contribution in [0.2, 0.25) is 0 Å². The molecule has 1 aliphatic rings. The Morgan fingerprint density at radius 2 is 1.78 bits per heavy atom. The number of hydrogen-bond acceptors (Lipinski definition) is 10. The molecule has 0 saturated carbocycles. The van der Waals surface area contributed by atoms with Crippen molar-refractivity contribution in [3.63, 3.8) is 0 Å². The predicted octanol–water partition coefficient (Wildman–Crippen LogP) is 6.03. The lowest BCUT2D eigenvalue weighted by atomic mass is 10.0. The lowest BCUT2D eigenvalue weighted by molar-refractivity contribution is -0.138. The first kappa shape index (κ1) is 37.3. The molecule has 0 aliphatic carbocycles. The number of aliphatic hydroxyl groups excluding tert-OH is 1. The number of fused-ring (bicyclic) bond motifs is 1. The minimum atomic E-state index is -4.96. The Bertz CT molecular complexity index is 2010. The second-order valence-electron chi connectivity index (χ2n) is 13.7. The maximum Gasteiger partial charge on any atom is 0.419 e. The second-order valence-corrected chi connectivity index (χ2v) is 13.7. The molecule has 2 N–H and O–H groups in total. The van der Waals surface area contributed by atoms with Gasteiger partial charge < -0.3 is 29.5 Å². The van der Waals surface area contributed by atoms with E-state index in [9.17, 15) is 33.0 Å². The van der Waals surface area contributed by atoms with Gasteiger partial charge in [-0.25, -0.2) is 23.5 Å². The fourth-order valence-corrected chi connectivity index (χ4v) is 6.05. The van der Waals surface area contributed by atoms with E-state index in [0.29, 0.717) is 11.8 Å². The van der Waals surface area contributed by atoms with Crippen LogP contribution in [0, 0.1) is 5.82 Å². The largest absolute Gasteiger partial charge is 0.507 e. The summed E-state index contributed by atoms with van der Waals surface area (Å²) in [7, 11) is 0. The number of phenols is 1. The number of piperazine rings is 1. The van der Waals surface area contributed by atoms with E-state index in [1.807, 2.05) is 13.8 Å². The molecule has 4 heterocycles. The summed E-state index contributed by atoms with van der Waals surface area (Å²) < 4.78 is 70.0. The van der Waals surface area contributed by atoms with E-state index in [1.165, 1.54) is 12.3 Å². The molecule has 0 radical (unpaired) electrons. The van der Waals surface area contributed by atoms with E-state index in [4.69, 9.17) is 9.47 Å². The quantitative estimate of drug-likeness (QED) is 0.218. The highest BCUT2D eigenvalue weighted by Gasteiger charge is 2.38. The van der Waals surface area contributed by atoms with Gasteiger partial charge in [-0.1, -0.05) is 19.9 Å². The number of nitrogens with zero attached hydrogens (tertiary/aromatic N) is 6. The van der Waals surface area contributed by atoms with Gasteiger partial charge in [0, 0.05) is 43.0 Å². The monoisotopic (exact) mass is 716 g/mol. The van der Waals surface area contributed by atoms with Crippen LogP contribution in [0.3, 0.4) is 0 Å². The van der Waals surface area contributed by atoms with Gasteiger partial charge in [-0.15, -0.1) is 0 Å². The molecule has 1 amide bonds. The summed E-state index contributed by atoms with van der Waals surface area (Å²) in [5.41, 5.74) is -4.01. The molecule has 51 heavy (non-hydrogen) atoms. The Hall–Kier alpha value is -4.99. The Balaban J connectivity index is 1.80. The first-order valence-electron chi connectivity index (χ1n) is 16.4. The van der Waals surface area contributed by atoms with Crippen LogP contribution in [0.5, 0.6) is 11.5 Å². The lowest BCUT2D eigenvalue weighted by Gasteiger charge is -2.44. The Labute approximate surface area is 291 Å². The molecule has 0 bridgehead atoms. The molecule has 0 unspecified atom stereocenters. The van der Waals surface area contributed by atoms with Crippen LogP contribution in [-0.2, 0) is 10.9 Å². The van der Waals surface area contributed by atoms with E-state index >= 15 is 4.39 Å². The third-order valence-corrected chi connectivity index (χ3v) is 8.32. The van der Waals surface area contributed by atoms with Gasteiger partial charge in [0.15, 0.2) is 11.5 Å². The number of pyridine rings is 2. The number of ether oxygens (including phenoxy) is 2. The van der Waals surface area contributed by atoms with Gasteiger partial charge in [-0.3, -0.25) is 4.98 Å². The zero-order chi connectivity index (χ0) is 37.6. The molecule has 3 aromatic heterocycles. The Kier molecular flexibility index (Phi) is 10.2. The number of carbonyl (C=O) groups excluding carboxylic acids is 1. The van der Waals surface area contributed by atoms with Crippen molar-refractivity contribution >= 4 is 22.9 Å². The zero-order valence-corrected chi connectivity index (χ0v) is 29.2. The number of rotatable bonds is 7. The van der Waals surface area contributed by atoms with Crippen molar-refractivity contribution in [2.24, 2.45) is 0 Å². The van der Waals surface area contributed by atoms with Crippen LogP contribution in [0.1, 0.15) is 65.6 Å². The number of para-hydroxylation sites is 1. The number of anilines is 1. The molecule has 274 valence electrons. The van der Waals surface area contributed by atoms with Crippen LogP contribution >= 0.6 is 0 Å². The molecule has 1 aromatic carbocycles. The molecule has 5 rings (SSSR count). The van der Waals surface area contributed by atoms with Crippen molar-refractivity contribution in [1.29, 1.82) is 0 Å². The summed E-state index contributed by atoms with van der Waals surface area (Å²) >= 11 is 0. The number of carbonyl (C=O) groups is 1. The number of phenolic OH excluding ortho intramolecular Hbond substituents is 1. The van der Waals surface area contributed by atoms with Gasteiger partial charge in [0.05, 0.1) is 23.3 Å². The maximum absolute atomic E-state index is 16.2. The highest BCUT2D eigenvalue weighted by molar-refractivity contribution is 5.91.